The molecule has 122 valence electrons. The molecule has 2 aromatic heterocycles. The van der Waals surface area contributed by atoms with Gasteiger partial charge in [0, 0.05) is 37.4 Å². The fourth-order valence-electron chi connectivity index (χ4n) is 2.70. The minimum absolute atomic E-state index is 0.192. The molecule has 3 heterocycles. The lowest BCUT2D eigenvalue weighted by atomic mass is 10.3. The molecular formula is C15H18N4O3S. The van der Waals surface area contributed by atoms with Gasteiger partial charge in [0.15, 0.2) is 0 Å². The molecule has 3 rings (SSSR count). The fourth-order valence-corrected chi connectivity index (χ4v) is 3.82. The molecule has 7 nitrogen and oxygen atoms in total. The molecule has 1 aliphatic heterocycles. The van der Waals surface area contributed by atoms with Crippen molar-refractivity contribution in [2.24, 2.45) is 0 Å². The van der Waals surface area contributed by atoms with E-state index >= 15 is 0 Å². The lowest BCUT2D eigenvalue weighted by Crippen LogP contribution is -2.36. The number of carbonyl (C=O) groups excluding carboxylic acids is 1. The maximum atomic E-state index is 12.6. The molecule has 1 unspecified atom stereocenters. The van der Waals surface area contributed by atoms with Gasteiger partial charge in [-0.25, -0.2) is 13.1 Å². The second-order valence-corrected chi connectivity index (χ2v) is 7.57. The predicted molar refractivity (Wildman–Crippen MR) is 85.9 cm³/mol. The van der Waals surface area contributed by atoms with Crippen LogP contribution in [0.3, 0.4) is 0 Å². The summed E-state index contributed by atoms with van der Waals surface area (Å²) < 4.78 is 27.9. The molecule has 1 aliphatic rings. The van der Waals surface area contributed by atoms with Crippen LogP contribution >= 0.6 is 0 Å². The summed E-state index contributed by atoms with van der Waals surface area (Å²) >= 11 is 0. The van der Waals surface area contributed by atoms with E-state index in [1.807, 2.05) is 35.2 Å². The van der Waals surface area contributed by atoms with Crippen molar-refractivity contribution in [2.75, 3.05) is 20.1 Å². The Morgan fingerprint density at radius 2 is 2.09 bits per heavy atom. The summed E-state index contributed by atoms with van der Waals surface area (Å²) in [6.45, 7) is 0.608. The Hall–Kier alpha value is -2.19. The van der Waals surface area contributed by atoms with Crippen LogP contribution in [0.4, 0.5) is 0 Å². The Morgan fingerprint density at radius 1 is 1.35 bits per heavy atom. The van der Waals surface area contributed by atoms with Crippen LogP contribution in [0, 0.1) is 0 Å². The van der Waals surface area contributed by atoms with Gasteiger partial charge in [0.2, 0.25) is 10.0 Å². The van der Waals surface area contributed by atoms with E-state index in [1.165, 1.54) is 7.05 Å². The number of amides is 1. The van der Waals surface area contributed by atoms with Crippen molar-refractivity contribution in [1.82, 2.24) is 19.2 Å². The van der Waals surface area contributed by atoms with E-state index in [-0.39, 0.29) is 12.5 Å². The maximum absolute atomic E-state index is 12.6. The van der Waals surface area contributed by atoms with E-state index in [0.29, 0.717) is 18.7 Å². The van der Waals surface area contributed by atoms with Gasteiger partial charge in [0.25, 0.3) is 5.91 Å². The first-order valence-corrected chi connectivity index (χ1v) is 8.87. The molecule has 8 heteroatoms. The van der Waals surface area contributed by atoms with E-state index in [9.17, 15) is 13.2 Å². The van der Waals surface area contributed by atoms with Gasteiger partial charge >= 0.3 is 0 Å². The number of hydrogen-bond donors (Lipinski definition) is 1. The van der Waals surface area contributed by atoms with Gasteiger partial charge in [-0.1, -0.05) is 0 Å². The third kappa shape index (κ3) is 3.13. The maximum Gasteiger partial charge on any atom is 0.272 e. The molecule has 0 saturated carbocycles. The first-order chi connectivity index (χ1) is 11.0. The molecule has 0 aliphatic carbocycles. The molecule has 1 saturated heterocycles. The number of rotatable bonds is 4. The number of nitrogens with zero attached hydrogens (tertiary/aromatic N) is 3. The van der Waals surface area contributed by atoms with Gasteiger partial charge in [-0.3, -0.25) is 9.78 Å². The standard InChI is InChI=1S/C15H18N4O3S/c1-16-23(21,22)13-5-9-19(11-13)15(20)14-10-12(4-6-17-14)18-7-2-3-8-18/h2-4,6-8,10,13,16H,5,9,11H2,1H3. The van der Waals surface area contributed by atoms with Gasteiger partial charge in [0.1, 0.15) is 5.69 Å². The number of carbonyl (C=O) groups is 1. The number of sulfonamides is 1. The SMILES string of the molecule is CNS(=O)(=O)C1CCN(C(=O)c2cc(-n3cccc3)ccn2)C1. The van der Waals surface area contributed by atoms with E-state index < -0.39 is 15.3 Å². The molecule has 0 radical (unpaired) electrons. The fraction of sp³-hybridized carbons (Fsp3) is 0.333. The van der Waals surface area contributed by atoms with Gasteiger partial charge < -0.3 is 9.47 Å². The summed E-state index contributed by atoms with van der Waals surface area (Å²) in [6.07, 6.45) is 5.79. The van der Waals surface area contributed by atoms with Crippen molar-refractivity contribution in [1.29, 1.82) is 0 Å². The van der Waals surface area contributed by atoms with Crippen LogP contribution in [-0.2, 0) is 10.0 Å². The van der Waals surface area contributed by atoms with E-state index in [1.54, 1.807) is 17.2 Å². The highest BCUT2D eigenvalue weighted by atomic mass is 32.2. The number of likely N-dealkylation sites (tertiary alicyclic amines) is 1. The van der Waals surface area contributed by atoms with Crippen molar-refractivity contribution >= 4 is 15.9 Å². The summed E-state index contributed by atoms with van der Waals surface area (Å²) in [7, 11) is -1.97. The number of hydrogen-bond acceptors (Lipinski definition) is 4. The highest BCUT2D eigenvalue weighted by Crippen LogP contribution is 2.19. The monoisotopic (exact) mass is 334 g/mol. The van der Waals surface area contributed by atoms with Crippen LogP contribution in [0.2, 0.25) is 0 Å². The zero-order valence-electron chi connectivity index (χ0n) is 12.7. The second-order valence-electron chi connectivity index (χ2n) is 5.40. The Balaban J connectivity index is 1.78. The summed E-state index contributed by atoms with van der Waals surface area (Å²) in [5.41, 5.74) is 1.16. The minimum Gasteiger partial charge on any atom is -0.336 e. The smallest absolute Gasteiger partial charge is 0.272 e. The zero-order valence-corrected chi connectivity index (χ0v) is 13.5. The van der Waals surface area contributed by atoms with Crippen molar-refractivity contribution in [3.8, 4) is 5.69 Å². The topological polar surface area (TPSA) is 84.3 Å². The minimum atomic E-state index is -3.36. The third-order valence-corrected chi connectivity index (χ3v) is 5.85. The Morgan fingerprint density at radius 3 is 2.78 bits per heavy atom. The molecule has 1 amide bonds. The lowest BCUT2D eigenvalue weighted by molar-refractivity contribution is 0.0787. The van der Waals surface area contributed by atoms with Gasteiger partial charge in [-0.05, 0) is 37.7 Å². The van der Waals surface area contributed by atoms with Crippen molar-refractivity contribution in [3.05, 3.63) is 48.5 Å². The van der Waals surface area contributed by atoms with Gasteiger partial charge in [-0.15, -0.1) is 0 Å². The average Bonchev–Trinajstić information content (AvgIpc) is 3.26. The molecule has 2 aromatic rings. The molecule has 0 aromatic carbocycles. The second kappa shape index (κ2) is 6.13. The first-order valence-electron chi connectivity index (χ1n) is 7.32. The van der Waals surface area contributed by atoms with E-state index in [2.05, 4.69) is 9.71 Å². The summed E-state index contributed by atoms with van der Waals surface area (Å²) in [5.74, 6) is -0.243. The zero-order chi connectivity index (χ0) is 16.4. The summed E-state index contributed by atoms with van der Waals surface area (Å²) in [4.78, 5) is 18.2. The molecule has 23 heavy (non-hydrogen) atoms. The highest BCUT2D eigenvalue weighted by molar-refractivity contribution is 7.90. The summed E-state index contributed by atoms with van der Waals surface area (Å²) in [6, 6.07) is 7.32. The van der Waals surface area contributed by atoms with Gasteiger partial charge in [-0.2, -0.15) is 0 Å². The van der Waals surface area contributed by atoms with Crippen LogP contribution < -0.4 is 4.72 Å². The highest BCUT2D eigenvalue weighted by Gasteiger charge is 2.35. The van der Waals surface area contributed by atoms with Crippen molar-refractivity contribution in [3.63, 3.8) is 0 Å². The van der Waals surface area contributed by atoms with Crippen LogP contribution in [0.15, 0.2) is 42.9 Å². The summed E-state index contributed by atoms with van der Waals surface area (Å²) in [5, 5.41) is -0.566. The normalized spacial score (nSPS) is 18.3. The van der Waals surface area contributed by atoms with Crippen LogP contribution in [-0.4, -0.2) is 54.2 Å². The van der Waals surface area contributed by atoms with Crippen LogP contribution in [0.5, 0.6) is 0 Å². The van der Waals surface area contributed by atoms with Crippen molar-refractivity contribution in [2.45, 2.75) is 11.7 Å². The number of aromatic nitrogens is 2. The largest absolute Gasteiger partial charge is 0.336 e. The lowest BCUT2D eigenvalue weighted by Gasteiger charge is -2.16. The van der Waals surface area contributed by atoms with E-state index in [4.69, 9.17) is 0 Å². The molecule has 1 fully saturated rings. The number of pyridine rings is 1. The molecule has 0 spiro atoms. The van der Waals surface area contributed by atoms with Gasteiger partial charge in [0.05, 0.1) is 5.25 Å². The molecule has 1 N–H and O–H groups in total. The Kier molecular flexibility index (Phi) is 4.18. The van der Waals surface area contributed by atoms with Crippen LogP contribution in [0.25, 0.3) is 5.69 Å². The molecule has 1 atom stereocenters. The Bertz CT molecular complexity index is 802. The predicted octanol–water partition coefficient (Wildman–Crippen LogP) is 0.636. The molecule has 0 bridgehead atoms. The number of nitrogens with one attached hydrogen (secondary N) is 1. The average molecular weight is 334 g/mol. The van der Waals surface area contributed by atoms with Crippen molar-refractivity contribution < 1.29 is 13.2 Å². The van der Waals surface area contributed by atoms with Crippen LogP contribution in [0.1, 0.15) is 16.9 Å². The Labute approximate surface area is 135 Å². The first kappa shape index (κ1) is 15.7. The quantitative estimate of drug-likeness (QED) is 0.889. The molecular weight excluding hydrogens is 316 g/mol. The van der Waals surface area contributed by atoms with E-state index in [0.717, 1.165) is 5.69 Å². The third-order valence-electron chi connectivity index (χ3n) is 4.02.